The number of nitrogens with one attached hydrogen (secondary N) is 1. The molecule has 0 spiro atoms. The lowest BCUT2D eigenvalue weighted by Crippen LogP contribution is -2.15. The first-order chi connectivity index (χ1) is 9.31. The first-order valence-corrected chi connectivity index (χ1v) is 9.00. The smallest absolute Gasteiger partial charge is 0.261 e. The second-order valence-electron chi connectivity index (χ2n) is 5.26. The quantitative estimate of drug-likeness (QED) is 0.848. The van der Waals surface area contributed by atoms with E-state index in [0.29, 0.717) is 30.0 Å². The van der Waals surface area contributed by atoms with Crippen LogP contribution in [0.15, 0.2) is 17.0 Å². The van der Waals surface area contributed by atoms with Crippen LogP contribution in [0.5, 0.6) is 0 Å². The Morgan fingerprint density at radius 3 is 2.55 bits per heavy atom. The van der Waals surface area contributed by atoms with Crippen LogP contribution in [0.3, 0.4) is 0 Å². The lowest BCUT2D eigenvalue weighted by atomic mass is 10.1. The molecular formula is C14H18ClNO3S. The van der Waals surface area contributed by atoms with Crippen molar-refractivity contribution in [2.45, 2.75) is 44.4 Å². The van der Waals surface area contributed by atoms with E-state index >= 15 is 0 Å². The fourth-order valence-electron chi connectivity index (χ4n) is 2.20. The van der Waals surface area contributed by atoms with Crippen LogP contribution in [0.1, 0.15) is 37.3 Å². The van der Waals surface area contributed by atoms with Gasteiger partial charge < -0.3 is 5.32 Å². The SMILES string of the molecule is CCc1cc(S(=O)(=O)Cl)cc(C)c1NC(=O)CC1CC1. The molecule has 1 aliphatic rings. The minimum atomic E-state index is -3.75. The van der Waals surface area contributed by atoms with Gasteiger partial charge in [0.15, 0.2) is 0 Å². The summed E-state index contributed by atoms with van der Waals surface area (Å²) < 4.78 is 22.8. The predicted octanol–water partition coefficient (Wildman–Crippen LogP) is 3.22. The summed E-state index contributed by atoms with van der Waals surface area (Å²) in [5.41, 5.74) is 2.21. The summed E-state index contributed by atoms with van der Waals surface area (Å²) in [6.45, 7) is 3.69. The third-order valence-electron chi connectivity index (χ3n) is 3.49. The first-order valence-electron chi connectivity index (χ1n) is 6.69. The Bertz CT molecular complexity index is 636. The van der Waals surface area contributed by atoms with Crippen molar-refractivity contribution in [1.29, 1.82) is 0 Å². The zero-order valence-electron chi connectivity index (χ0n) is 11.6. The summed E-state index contributed by atoms with van der Waals surface area (Å²) in [7, 11) is 1.63. The number of carbonyl (C=O) groups excluding carboxylic acids is 1. The number of anilines is 1. The molecule has 0 heterocycles. The van der Waals surface area contributed by atoms with E-state index in [1.807, 2.05) is 6.92 Å². The van der Waals surface area contributed by atoms with E-state index in [0.717, 1.165) is 18.4 Å². The molecule has 0 aromatic heterocycles. The Morgan fingerprint density at radius 2 is 2.05 bits per heavy atom. The van der Waals surface area contributed by atoms with Crippen LogP contribution in [-0.4, -0.2) is 14.3 Å². The molecule has 0 atom stereocenters. The maximum Gasteiger partial charge on any atom is 0.261 e. The minimum Gasteiger partial charge on any atom is -0.326 e. The van der Waals surface area contributed by atoms with Crippen molar-refractivity contribution >= 4 is 31.3 Å². The highest BCUT2D eigenvalue weighted by Gasteiger charge is 2.25. The first kappa shape index (κ1) is 15.3. The monoisotopic (exact) mass is 315 g/mol. The fraction of sp³-hybridized carbons (Fsp3) is 0.500. The molecule has 0 bridgehead atoms. The van der Waals surface area contributed by atoms with Gasteiger partial charge in [0, 0.05) is 22.8 Å². The van der Waals surface area contributed by atoms with Crippen molar-refractivity contribution in [3.05, 3.63) is 23.3 Å². The van der Waals surface area contributed by atoms with Crippen LogP contribution in [0.4, 0.5) is 5.69 Å². The average molecular weight is 316 g/mol. The maximum absolute atomic E-state index is 11.9. The molecule has 1 aromatic carbocycles. The van der Waals surface area contributed by atoms with Gasteiger partial charge in [0.05, 0.1) is 4.90 Å². The van der Waals surface area contributed by atoms with Gasteiger partial charge in [-0.25, -0.2) is 8.42 Å². The van der Waals surface area contributed by atoms with Gasteiger partial charge in [0.2, 0.25) is 5.91 Å². The van der Waals surface area contributed by atoms with Crippen molar-refractivity contribution in [3.63, 3.8) is 0 Å². The van der Waals surface area contributed by atoms with Crippen LogP contribution >= 0.6 is 10.7 Å². The number of halogens is 1. The normalized spacial score (nSPS) is 15.2. The number of hydrogen-bond acceptors (Lipinski definition) is 3. The van der Waals surface area contributed by atoms with Crippen LogP contribution in [0.25, 0.3) is 0 Å². The van der Waals surface area contributed by atoms with Gasteiger partial charge in [0.25, 0.3) is 9.05 Å². The summed E-state index contributed by atoms with van der Waals surface area (Å²) in [6.07, 6.45) is 3.41. The largest absolute Gasteiger partial charge is 0.326 e. The van der Waals surface area contributed by atoms with Gasteiger partial charge in [-0.1, -0.05) is 6.92 Å². The van der Waals surface area contributed by atoms with E-state index in [2.05, 4.69) is 5.32 Å². The van der Waals surface area contributed by atoms with Crippen LogP contribution < -0.4 is 5.32 Å². The van der Waals surface area contributed by atoms with Crippen molar-refractivity contribution < 1.29 is 13.2 Å². The molecule has 1 amide bonds. The molecule has 110 valence electrons. The van der Waals surface area contributed by atoms with E-state index in [9.17, 15) is 13.2 Å². The van der Waals surface area contributed by atoms with E-state index in [4.69, 9.17) is 10.7 Å². The highest BCUT2D eigenvalue weighted by atomic mass is 35.7. The average Bonchev–Trinajstić information content (AvgIpc) is 3.13. The van der Waals surface area contributed by atoms with Crippen molar-refractivity contribution in [3.8, 4) is 0 Å². The molecule has 2 rings (SSSR count). The summed E-state index contributed by atoms with van der Waals surface area (Å²) in [5, 5.41) is 2.90. The van der Waals surface area contributed by atoms with E-state index < -0.39 is 9.05 Å². The van der Waals surface area contributed by atoms with E-state index in [1.54, 1.807) is 6.92 Å². The molecule has 1 N–H and O–H groups in total. The molecule has 20 heavy (non-hydrogen) atoms. The minimum absolute atomic E-state index is 0.00761. The molecule has 0 unspecified atom stereocenters. The lowest BCUT2D eigenvalue weighted by molar-refractivity contribution is -0.116. The van der Waals surface area contributed by atoms with E-state index in [1.165, 1.54) is 12.1 Å². The summed E-state index contributed by atoms with van der Waals surface area (Å²) in [4.78, 5) is 12.0. The molecule has 1 aromatic rings. The number of benzene rings is 1. The number of rotatable bonds is 5. The molecule has 1 aliphatic carbocycles. The lowest BCUT2D eigenvalue weighted by Gasteiger charge is -2.14. The molecule has 1 fully saturated rings. The standard InChI is InChI=1S/C14H18ClNO3S/c1-3-11-8-12(20(15,18)19)6-9(2)14(11)16-13(17)7-10-4-5-10/h6,8,10H,3-5,7H2,1-2H3,(H,16,17). The Labute approximate surface area is 123 Å². The zero-order valence-corrected chi connectivity index (χ0v) is 13.1. The number of carbonyl (C=O) groups is 1. The third-order valence-corrected chi connectivity index (χ3v) is 4.82. The van der Waals surface area contributed by atoms with Gasteiger partial charge in [-0.05, 0) is 55.4 Å². The second kappa shape index (κ2) is 5.74. The predicted molar refractivity (Wildman–Crippen MR) is 79.6 cm³/mol. The summed E-state index contributed by atoms with van der Waals surface area (Å²) in [6, 6.07) is 3.02. The van der Waals surface area contributed by atoms with Crippen molar-refractivity contribution in [1.82, 2.24) is 0 Å². The van der Waals surface area contributed by atoms with Crippen LogP contribution in [-0.2, 0) is 20.3 Å². The summed E-state index contributed by atoms with van der Waals surface area (Å²) in [5.74, 6) is 0.509. The van der Waals surface area contributed by atoms with Gasteiger partial charge in [-0.2, -0.15) is 0 Å². The van der Waals surface area contributed by atoms with Gasteiger partial charge in [0.1, 0.15) is 0 Å². The number of hydrogen-bond donors (Lipinski definition) is 1. The van der Waals surface area contributed by atoms with Crippen LogP contribution in [0.2, 0.25) is 0 Å². The van der Waals surface area contributed by atoms with Crippen LogP contribution in [0, 0.1) is 12.8 Å². The van der Waals surface area contributed by atoms with Gasteiger partial charge in [-0.3, -0.25) is 4.79 Å². The molecule has 0 radical (unpaired) electrons. The third kappa shape index (κ3) is 3.73. The van der Waals surface area contributed by atoms with Crippen molar-refractivity contribution in [2.75, 3.05) is 5.32 Å². The Hall–Kier alpha value is -1.07. The van der Waals surface area contributed by atoms with Gasteiger partial charge in [-0.15, -0.1) is 0 Å². The molecule has 6 heteroatoms. The zero-order chi connectivity index (χ0) is 14.9. The topological polar surface area (TPSA) is 63.2 Å². The molecule has 1 saturated carbocycles. The highest BCUT2D eigenvalue weighted by molar-refractivity contribution is 8.13. The Morgan fingerprint density at radius 1 is 1.40 bits per heavy atom. The van der Waals surface area contributed by atoms with E-state index in [-0.39, 0.29) is 10.8 Å². The van der Waals surface area contributed by atoms with Crippen molar-refractivity contribution in [2.24, 2.45) is 5.92 Å². The Kier molecular flexibility index (Phi) is 4.39. The highest BCUT2D eigenvalue weighted by Crippen LogP contribution is 2.33. The number of amides is 1. The molecule has 4 nitrogen and oxygen atoms in total. The number of aryl methyl sites for hydroxylation is 2. The molecule has 0 aliphatic heterocycles. The molecule has 0 saturated heterocycles. The summed E-state index contributed by atoms with van der Waals surface area (Å²) >= 11 is 0. The Balaban J connectivity index is 2.29. The fourth-order valence-corrected chi connectivity index (χ4v) is 3.07. The maximum atomic E-state index is 11.9. The van der Waals surface area contributed by atoms with Gasteiger partial charge >= 0.3 is 0 Å². The second-order valence-corrected chi connectivity index (χ2v) is 7.83. The molecular weight excluding hydrogens is 298 g/mol.